The molecule has 292 valence electrons. The van der Waals surface area contributed by atoms with E-state index in [0.29, 0.717) is 5.56 Å². The minimum absolute atomic E-state index is 0.0557. The maximum Gasteiger partial charge on any atom is 0.251 e. The van der Waals surface area contributed by atoms with E-state index in [4.69, 9.17) is 15.9 Å². The summed E-state index contributed by atoms with van der Waals surface area (Å²) in [7, 11) is 0. The molecular formula is C33H59N6O12+. The van der Waals surface area contributed by atoms with Crippen molar-refractivity contribution in [1.82, 2.24) is 15.5 Å². The number of aliphatic hydroxyl groups is 10. The second-order valence-corrected chi connectivity index (χ2v) is 12.8. The number of carbonyl (C=O) groups is 2. The van der Waals surface area contributed by atoms with Gasteiger partial charge in [0.15, 0.2) is 0 Å². The number of amides is 2. The maximum atomic E-state index is 13.0. The fraction of sp³-hybridized carbons (Fsp3) is 0.727. The molecule has 14 N–H and O–H groups in total. The van der Waals surface area contributed by atoms with Gasteiger partial charge in [0.2, 0.25) is 11.7 Å². The molecule has 1 aromatic rings. The molecule has 0 aromatic heterocycles. The Hall–Kier alpha value is -2.85. The molecule has 18 heteroatoms. The summed E-state index contributed by atoms with van der Waals surface area (Å²) in [5, 5.41) is 105. The summed E-state index contributed by atoms with van der Waals surface area (Å²) in [5.41, 5.74) is 8.16. The van der Waals surface area contributed by atoms with E-state index in [-0.39, 0.29) is 38.4 Å². The predicted molar refractivity (Wildman–Crippen MR) is 186 cm³/mol. The van der Waals surface area contributed by atoms with Gasteiger partial charge in [0.05, 0.1) is 44.6 Å². The molecule has 51 heavy (non-hydrogen) atoms. The highest BCUT2D eigenvalue weighted by molar-refractivity contribution is 5.99. The second-order valence-electron chi connectivity index (χ2n) is 12.8. The number of fused-ring (bicyclic) bond motifs is 1. The summed E-state index contributed by atoms with van der Waals surface area (Å²) in [6, 6.07) is 4.74. The minimum atomic E-state index is -1.91. The van der Waals surface area contributed by atoms with Crippen LogP contribution in [-0.4, -0.2) is 192 Å². The molecule has 0 saturated heterocycles. The third kappa shape index (κ3) is 12.7. The number of nitrogens with one attached hydrogen (secondary N) is 2. The number of nitrogens with two attached hydrogens (primary N) is 1. The van der Waals surface area contributed by atoms with Crippen molar-refractivity contribution >= 4 is 23.3 Å². The minimum Gasteiger partial charge on any atom is -0.394 e. The number of primary amides is 1. The lowest BCUT2D eigenvalue weighted by Gasteiger charge is -2.33. The summed E-state index contributed by atoms with van der Waals surface area (Å²) < 4.78 is 2.26. The van der Waals surface area contributed by atoms with Crippen molar-refractivity contribution in [3.63, 3.8) is 0 Å². The summed E-state index contributed by atoms with van der Waals surface area (Å²) >= 11 is 0. The monoisotopic (exact) mass is 731 g/mol. The highest BCUT2D eigenvalue weighted by Gasteiger charge is 2.34. The average molecular weight is 732 g/mol. The van der Waals surface area contributed by atoms with Gasteiger partial charge in [-0.25, -0.2) is 4.90 Å². The lowest BCUT2D eigenvalue weighted by molar-refractivity contribution is -0.543. The Kier molecular flexibility index (Phi) is 18.8. The van der Waals surface area contributed by atoms with Crippen LogP contribution in [0.3, 0.4) is 0 Å². The molecule has 18 nitrogen and oxygen atoms in total. The summed E-state index contributed by atoms with van der Waals surface area (Å²) in [5.74, 6) is 0.141. The standard InChI is InChI=1S/C33H58N6O12/c1-4-38-14-21-8-7-20(13-23(21)39(5-2)19(38)3)33(51)36-11-9-22(32(34)50)35-10-6-12-37(15-24(42)28(46)30(48)26(44)17-40)16-25(43)29(47)31(49)27(45)18-41/h7-8,13,22,24-31,35,40-49H,4-6,9-12,14-18H2,1-3H3,(H2-,34,36,50,51)/p+1/t22-,24-,25-,26+,27+,28+,29+,30+,31+/m0/s1. The molecule has 0 saturated carbocycles. The molecule has 0 spiro atoms. The number of amidine groups is 1. The normalized spacial score (nSPS) is 18.7. The van der Waals surface area contributed by atoms with Gasteiger partial charge in [-0.2, -0.15) is 0 Å². The number of anilines is 1. The van der Waals surface area contributed by atoms with Crippen LogP contribution in [0.2, 0.25) is 0 Å². The highest BCUT2D eigenvalue weighted by atomic mass is 16.4. The van der Waals surface area contributed by atoms with E-state index in [1.165, 1.54) is 4.90 Å². The first-order chi connectivity index (χ1) is 24.1. The summed E-state index contributed by atoms with van der Waals surface area (Å²) in [6.07, 6.45) is -14.1. The van der Waals surface area contributed by atoms with Gasteiger partial charge in [0, 0.05) is 37.7 Å². The van der Waals surface area contributed by atoms with Crippen LogP contribution in [0, 0.1) is 0 Å². The Morgan fingerprint density at radius 3 is 1.92 bits per heavy atom. The van der Waals surface area contributed by atoms with Crippen LogP contribution in [0.5, 0.6) is 0 Å². The number of hydrogen-bond donors (Lipinski definition) is 13. The average Bonchev–Trinajstić information content (AvgIpc) is 3.12. The molecular weight excluding hydrogens is 672 g/mol. The zero-order chi connectivity index (χ0) is 38.4. The molecule has 0 radical (unpaired) electrons. The van der Waals surface area contributed by atoms with Gasteiger partial charge in [0.1, 0.15) is 48.9 Å². The molecule has 2 amide bonds. The van der Waals surface area contributed by atoms with Crippen molar-refractivity contribution in [2.75, 3.05) is 63.9 Å². The fourth-order valence-corrected chi connectivity index (χ4v) is 5.98. The van der Waals surface area contributed by atoms with Crippen LogP contribution in [0.4, 0.5) is 5.69 Å². The Balaban J connectivity index is 1.99. The predicted octanol–water partition coefficient (Wildman–Crippen LogP) is -5.40. The van der Waals surface area contributed by atoms with E-state index in [0.717, 1.165) is 36.7 Å². The smallest absolute Gasteiger partial charge is 0.251 e. The van der Waals surface area contributed by atoms with Gasteiger partial charge < -0.3 is 67.4 Å². The number of aliphatic hydroxyl groups excluding tert-OH is 10. The lowest BCUT2D eigenvalue weighted by Crippen LogP contribution is -2.53. The molecule has 1 aliphatic heterocycles. The SMILES string of the molecule is CCN1C(C)=[N+](CC)Cc2ccc(C(=O)NCC[C@H](NCCCN(C[C@H](O)[C@@H](O)[C@H](O)[C@H](O)CO)C[C@H](O)[C@@H](O)[C@H](O)[C@H](O)CO)C(N)=O)cc21. The van der Waals surface area contributed by atoms with E-state index in [1.807, 2.05) is 19.1 Å². The van der Waals surface area contributed by atoms with Crippen LogP contribution >= 0.6 is 0 Å². The zero-order valence-electron chi connectivity index (χ0n) is 29.6. The van der Waals surface area contributed by atoms with Gasteiger partial charge in [-0.1, -0.05) is 6.07 Å². The Morgan fingerprint density at radius 1 is 0.882 bits per heavy atom. The number of hydrogen-bond acceptors (Lipinski definition) is 15. The van der Waals surface area contributed by atoms with Gasteiger partial charge >= 0.3 is 0 Å². The Morgan fingerprint density at radius 2 is 1.43 bits per heavy atom. The first-order valence-corrected chi connectivity index (χ1v) is 17.3. The maximum absolute atomic E-state index is 13.0. The number of carbonyl (C=O) groups excluding carboxylic acids is 2. The summed E-state index contributed by atoms with van der Waals surface area (Å²) in [6.45, 7) is 6.30. The van der Waals surface area contributed by atoms with Crippen LogP contribution < -0.4 is 21.3 Å². The van der Waals surface area contributed by atoms with Crippen LogP contribution in [0.25, 0.3) is 0 Å². The fourth-order valence-electron chi connectivity index (χ4n) is 5.98. The van der Waals surface area contributed by atoms with Crippen molar-refractivity contribution in [3.05, 3.63) is 29.3 Å². The Bertz CT molecular complexity index is 1240. The molecule has 0 unspecified atom stereocenters. The van der Waals surface area contributed by atoms with Crippen LogP contribution in [-0.2, 0) is 11.3 Å². The van der Waals surface area contributed by atoms with Gasteiger partial charge in [-0.05, 0) is 51.9 Å². The first-order valence-electron chi connectivity index (χ1n) is 17.3. The lowest BCUT2D eigenvalue weighted by atomic mass is 10.0. The van der Waals surface area contributed by atoms with Crippen molar-refractivity contribution in [1.29, 1.82) is 0 Å². The second kappa shape index (κ2) is 21.6. The van der Waals surface area contributed by atoms with Crippen molar-refractivity contribution in [2.45, 2.75) is 95.0 Å². The largest absolute Gasteiger partial charge is 0.394 e. The topological polar surface area (TPSA) is 296 Å². The molecule has 0 fully saturated rings. The molecule has 1 aromatic carbocycles. The van der Waals surface area contributed by atoms with Crippen molar-refractivity contribution in [2.24, 2.45) is 5.73 Å². The van der Waals surface area contributed by atoms with Crippen LogP contribution in [0.1, 0.15) is 49.5 Å². The molecule has 1 heterocycles. The zero-order valence-corrected chi connectivity index (χ0v) is 29.6. The number of nitrogens with zero attached hydrogens (tertiary/aromatic N) is 3. The van der Waals surface area contributed by atoms with Crippen LogP contribution in [0.15, 0.2) is 18.2 Å². The third-order valence-electron chi connectivity index (χ3n) is 9.19. The third-order valence-corrected chi connectivity index (χ3v) is 9.19. The molecule has 0 bridgehead atoms. The Labute approximate surface area is 298 Å². The van der Waals surface area contributed by atoms with Gasteiger partial charge in [-0.3, -0.25) is 19.1 Å². The van der Waals surface area contributed by atoms with Gasteiger partial charge in [-0.15, -0.1) is 0 Å². The highest BCUT2D eigenvalue weighted by Crippen LogP contribution is 2.27. The van der Waals surface area contributed by atoms with Gasteiger partial charge in [0.25, 0.3) is 5.91 Å². The molecule has 2 rings (SSSR count). The number of benzene rings is 1. The van der Waals surface area contributed by atoms with E-state index < -0.39 is 87.1 Å². The van der Waals surface area contributed by atoms with Crippen molar-refractivity contribution in [3.8, 4) is 0 Å². The van der Waals surface area contributed by atoms with E-state index >= 15 is 0 Å². The molecule has 9 atom stereocenters. The van der Waals surface area contributed by atoms with E-state index in [1.54, 1.807) is 6.07 Å². The number of rotatable bonds is 24. The quantitative estimate of drug-likeness (QED) is 0.0349. The summed E-state index contributed by atoms with van der Waals surface area (Å²) in [4.78, 5) is 28.7. The molecule has 1 aliphatic rings. The van der Waals surface area contributed by atoms with E-state index in [9.17, 15) is 50.4 Å². The van der Waals surface area contributed by atoms with Crippen molar-refractivity contribution < 1.29 is 65.2 Å². The molecule has 0 aliphatic carbocycles. The van der Waals surface area contributed by atoms with E-state index in [2.05, 4.69) is 34.0 Å². The first kappa shape index (κ1) is 44.3.